The highest BCUT2D eigenvalue weighted by molar-refractivity contribution is 8.54. The Labute approximate surface area is 144 Å². The summed E-state index contributed by atoms with van der Waals surface area (Å²) in [4.78, 5) is 45.0. The van der Waals surface area contributed by atoms with E-state index in [1.54, 1.807) is 13.8 Å². The quantitative estimate of drug-likeness (QED) is 0.440. The average molecular weight is 382 g/mol. The van der Waals surface area contributed by atoms with Crippen molar-refractivity contribution in [3.05, 3.63) is 0 Å². The molecule has 0 radical (unpaired) electrons. The van der Waals surface area contributed by atoms with E-state index >= 15 is 0 Å². The van der Waals surface area contributed by atoms with Crippen LogP contribution in [0, 0.1) is 5.41 Å². The van der Waals surface area contributed by atoms with Crippen molar-refractivity contribution in [3.63, 3.8) is 0 Å². The summed E-state index contributed by atoms with van der Waals surface area (Å²) in [6.45, 7) is 0.429. The Morgan fingerprint density at radius 2 is 2.04 bits per heavy atom. The Balaban J connectivity index is 2.96. The summed E-state index contributed by atoms with van der Waals surface area (Å²) >= 11 is 0.690. The maximum absolute atomic E-state index is 12.3. The minimum atomic E-state index is -3.95. The lowest BCUT2D eigenvalue weighted by Gasteiger charge is -2.32. The standard InChI is InChI=1S/C13H23N2O7PS/c1-9(16)22-11-12(18)15-5-4-10(17)14-6-7-24-23(19,20)21-8-13(11,2)3/h11H,4-8H2,1-3H3,(H,14,17)(H,15,18)(H,19,20)/t11-/m0/s1. The van der Waals surface area contributed by atoms with Crippen LogP contribution in [0.3, 0.4) is 0 Å². The smallest absolute Gasteiger partial charge is 0.386 e. The molecule has 2 atom stereocenters. The number of carbonyl (C=O) groups excluding carboxylic acids is 3. The van der Waals surface area contributed by atoms with Crippen molar-refractivity contribution in [3.8, 4) is 0 Å². The van der Waals surface area contributed by atoms with Gasteiger partial charge in [-0.25, -0.2) is 4.57 Å². The Bertz CT molecular complexity index is 540. The Hall–Kier alpha value is -1.09. The molecule has 1 saturated heterocycles. The minimum absolute atomic E-state index is 0.0525. The summed E-state index contributed by atoms with van der Waals surface area (Å²) in [6, 6.07) is 0. The van der Waals surface area contributed by atoms with Crippen LogP contribution < -0.4 is 10.6 Å². The normalized spacial score (nSPS) is 29.8. The molecule has 1 aliphatic heterocycles. The molecule has 24 heavy (non-hydrogen) atoms. The van der Waals surface area contributed by atoms with Gasteiger partial charge in [-0.15, -0.1) is 0 Å². The van der Waals surface area contributed by atoms with Crippen LogP contribution >= 0.6 is 18.2 Å². The zero-order chi connectivity index (χ0) is 18.4. The second-order valence-electron chi connectivity index (χ2n) is 5.94. The monoisotopic (exact) mass is 382 g/mol. The van der Waals surface area contributed by atoms with Crippen LogP contribution in [0.5, 0.6) is 0 Å². The number of rotatable bonds is 1. The molecule has 1 heterocycles. The first-order valence-corrected chi connectivity index (χ1v) is 10.5. The van der Waals surface area contributed by atoms with E-state index in [0.717, 1.165) is 6.92 Å². The van der Waals surface area contributed by atoms with Crippen LogP contribution in [0.4, 0.5) is 0 Å². The Morgan fingerprint density at radius 3 is 2.67 bits per heavy atom. The van der Waals surface area contributed by atoms with Gasteiger partial charge in [0.1, 0.15) is 0 Å². The third kappa shape index (κ3) is 7.21. The number of carbonyl (C=O) groups is 3. The fraction of sp³-hybridized carbons (Fsp3) is 0.769. The lowest BCUT2D eigenvalue weighted by molar-refractivity contribution is -0.162. The predicted molar refractivity (Wildman–Crippen MR) is 88.2 cm³/mol. The number of hydrogen-bond donors (Lipinski definition) is 3. The molecule has 0 aliphatic carbocycles. The first-order chi connectivity index (χ1) is 11.0. The second-order valence-corrected chi connectivity index (χ2v) is 9.96. The molecule has 1 unspecified atom stereocenters. The molecule has 9 nitrogen and oxygen atoms in total. The van der Waals surface area contributed by atoms with E-state index in [-0.39, 0.29) is 37.8 Å². The fourth-order valence-electron chi connectivity index (χ4n) is 1.93. The molecule has 2 amide bonds. The molecule has 11 heteroatoms. The molecule has 3 N–H and O–H groups in total. The van der Waals surface area contributed by atoms with E-state index in [2.05, 4.69) is 10.6 Å². The number of ether oxygens (including phenoxy) is 1. The van der Waals surface area contributed by atoms with Crippen LogP contribution in [0.1, 0.15) is 27.2 Å². The highest BCUT2D eigenvalue weighted by atomic mass is 32.7. The van der Waals surface area contributed by atoms with Gasteiger partial charge in [0.25, 0.3) is 5.91 Å². The molecule has 0 saturated carbocycles. The van der Waals surface area contributed by atoms with Gasteiger partial charge in [-0.05, 0) is 11.4 Å². The van der Waals surface area contributed by atoms with E-state index < -0.39 is 30.2 Å². The second kappa shape index (κ2) is 8.84. The van der Waals surface area contributed by atoms with Gasteiger partial charge < -0.3 is 24.8 Å². The summed E-state index contributed by atoms with van der Waals surface area (Å²) in [7, 11) is 0. The highest BCUT2D eigenvalue weighted by Gasteiger charge is 2.40. The van der Waals surface area contributed by atoms with Crippen molar-refractivity contribution < 1.29 is 33.1 Å². The maximum atomic E-state index is 12.3. The van der Waals surface area contributed by atoms with Crippen LogP contribution in [0.25, 0.3) is 0 Å². The van der Waals surface area contributed by atoms with Gasteiger partial charge in [-0.2, -0.15) is 0 Å². The molecule has 1 aliphatic rings. The van der Waals surface area contributed by atoms with Crippen molar-refractivity contribution in [1.82, 2.24) is 10.6 Å². The van der Waals surface area contributed by atoms with E-state index in [0.29, 0.717) is 11.4 Å². The van der Waals surface area contributed by atoms with Crippen LogP contribution in [0.2, 0.25) is 0 Å². The summed E-state index contributed by atoms with van der Waals surface area (Å²) in [5, 5.41) is 5.09. The van der Waals surface area contributed by atoms with Crippen LogP contribution in [0.15, 0.2) is 0 Å². The summed E-state index contributed by atoms with van der Waals surface area (Å²) in [5.74, 6) is -1.35. The molecule has 1 fully saturated rings. The number of nitrogens with one attached hydrogen (secondary N) is 2. The Kier molecular flexibility index (Phi) is 7.72. The highest BCUT2D eigenvalue weighted by Crippen LogP contribution is 2.56. The largest absolute Gasteiger partial charge is 0.452 e. The van der Waals surface area contributed by atoms with Gasteiger partial charge in [-0.1, -0.05) is 13.8 Å². The van der Waals surface area contributed by atoms with Crippen molar-refractivity contribution in [2.45, 2.75) is 33.3 Å². The Morgan fingerprint density at radius 1 is 1.38 bits per heavy atom. The zero-order valence-electron chi connectivity index (χ0n) is 13.9. The first kappa shape index (κ1) is 21.0. The molecule has 0 spiro atoms. The van der Waals surface area contributed by atoms with E-state index in [9.17, 15) is 23.8 Å². The third-order valence-electron chi connectivity index (χ3n) is 3.16. The lowest BCUT2D eigenvalue weighted by atomic mass is 9.86. The van der Waals surface area contributed by atoms with Gasteiger partial charge in [0.15, 0.2) is 6.10 Å². The van der Waals surface area contributed by atoms with Crippen LogP contribution in [-0.2, 0) is 28.2 Å². The summed E-state index contributed by atoms with van der Waals surface area (Å²) in [6.07, 6.45) is -1.16. The van der Waals surface area contributed by atoms with E-state index in [1.807, 2.05) is 0 Å². The van der Waals surface area contributed by atoms with Crippen molar-refractivity contribution >= 4 is 36.0 Å². The fourth-order valence-corrected chi connectivity index (χ4v) is 4.27. The van der Waals surface area contributed by atoms with E-state index in [4.69, 9.17) is 9.26 Å². The lowest BCUT2D eigenvalue weighted by Crippen LogP contribution is -2.49. The number of esters is 1. The van der Waals surface area contributed by atoms with Crippen molar-refractivity contribution in [1.29, 1.82) is 0 Å². The first-order valence-electron chi connectivity index (χ1n) is 7.37. The molecular weight excluding hydrogens is 359 g/mol. The number of hydrogen-bond acceptors (Lipinski definition) is 7. The summed E-state index contributed by atoms with van der Waals surface area (Å²) in [5.41, 5.74) is -1.04. The molecule has 0 bridgehead atoms. The van der Waals surface area contributed by atoms with Gasteiger partial charge >= 0.3 is 12.8 Å². The van der Waals surface area contributed by atoms with Gasteiger partial charge in [-0.3, -0.25) is 14.4 Å². The molecule has 0 aromatic heterocycles. The minimum Gasteiger partial charge on any atom is -0.452 e. The maximum Gasteiger partial charge on any atom is 0.386 e. The molecular formula is C13H23N2O7PS. The van der Waals surface area contributed by atoms with Gasteiger partial charge in [0, 0.05) is 37.6 Å². The van der Waals surface area contributed by atoms with Gasteiger partial charge in [0.2, 0.25) is 5.91 Å². The summed E-state index contributed by atoms with van der Waals surface area (Å²) < 4.78 is 22.1. The zero-order valence-corrected chi connectivity index (χ0v) is 15.6. The molecule has 0 aromatic rings. The molecule has 1 rings (SSSR count). The van der Waals surface area contributed by atoms with Crippen molar-refractivity contribution in [2.24, 2.45) is 5.41 Å². The predicted octanol–water partition coefficient (Wildman–Crippen LogP) is 0.431. The number of amides is 2. The molecule has 138 valence electrons. The van der Waals surface area contributed by atoms with Gasteiger partial charge in [0.05, 0.1) is 6.61 Å². The topological polar surface area (TPSA) is 131 Å². The average Bonchev–Trinajstić information content (AvgIpc) is 2.46. The SMILES string of the molecule is CC(=O)O[C@H]1C(=O)NCCC(=O)NCCSP(=O)(O)OCC1(C)C. The van der Waals surface area contributed by atoms with Crippen LogP contribution in [-0.4, -0.2) is 54.2 Å². The molecule has 0 aromatic carbocycles. The van der Waals surface area contributed by atoms with Crippen molar-refractivity contribution in [2.75, 3.05) is 25.4 Å². The van der Waals surface area contributed by atoms with E-state index in [1.165, 1.54) is 0 Å². The third-order valence-corrected chi connectivity index (χ3v) is 6.17.